The van der Waals surface area contributed by atoms with Gasteiger partial charge in [-0.05, 0) is 38.0 Å². The van der Waals surface area contributed by atoms with Crippen molar-refractivity contribution in [2.75, 3.05) is 12.4 Å². The number of hydrogen-bond donors (Lipinski definition) is 1. The van der Waals surface area contributed by atoms with Crippen molar-refractivity contribution in [3.8, 4) is 0 Å². The molecule has 3 nitrogen and oxygen atoms in total. The molecule has 0 aromatic rings. The summed E-state index contributed by atoms with van der Waals surface area (Å²) >= 11 is 7.36. The highest BCUT2D eigenvalue weighted by Gasteiger charge is 2.17. The summed E-state index contributed by atoms with van der Waals surface area (Å²) in [6, 6.07) is 0.503. The molecule has 0 aromatic heterocycles. The fourth-order valence-corrected chi connectivity index (χ4v) is 6.45. The minimum absolute atomic E-state index is 0.503. The number of hydrogen-bond acceptors (Lipinski definition) is 4. The quantitative estimate of drug-likeness (QED) is 0.297. The van der Waals surface area contributed by atoms with E-state index in [1.54, 1.807) is 11.4 Å². The van der Waals surface area contributed by atoms with Gasteiger partial charge >= 0.3 is 0 Å². The Hall–Kier alpha value is 0.430. The standard InChI is InChI=1S/C12H25N2OPS2/c1-3-5-10-18-16(17,15-4-2)14-11-13-12-8-6-7-9-12/h11-12H,3-10H2,1-2H3,(H,13,14,17). The van der Waals surface area contributed by atoms with Gasteiger partial charge in [0.25, 0.3) is 0 Å². The van der Waals surface area contributed by atoms with Crippen LogP contribution in [0.2, 0.25) is 0 Å². The maximum atomic E-state index is 5.73. The first-order valence-electron chi connectivity index (χ1n) is 6.88. The van der Waals surface area contributed by atoms with Crippen LogP contribution in [0, 0.1) is 0 Å². The van der Waals surface area contributed by atoms with Gasteiger partial charge in [0, 0.05) is 5.75 Å². The summed E-state index contributed by atoms with van der Waals surface area (Å²) in [5.74, 6) is 1.07. The van der Waals surface area contributed by atoms with Crippen LogP contribution in [-0.4, -0.2) is 24.7 Å². The van der Waals surface area contributed by atoms with Gasteiger partial charge in [-0.2, -0.15) is 0 Å². The molecule has 0 radical (unpaired) electrons. The molecular formula is C12H25N2OPS2. The zero-order valence-electron chi connectivity index (χ0n) is 11.4. The van der Waals surface area contributed by atoms with Gasteiger partial charge in [-0.25, -0.2) is 0 Å². The Balaban J connectivity index is 2.37. The molecule has 1 rings (SSSR count). The molecule has 1 aliphatic carbocycles. The van der Waals surface area contributed by atoms with Crippen molar-refractivity contribution >= 4 is 35.1 Å². The smallest absolute Gasteiger partial charge is 0.211 e. The van der Waals surface area contributed by atoms with E-state index in [0.29, 0.717) is 12.6 Å². The van der Waals surface area contributed by atoms with Crippen molar-refractivity contribution in [2.24, 2.45) is 4.99 Å². The van der Waals surface area contributed by atoms with Crippen LogP contribution < -0.4 is 5.09 Å². The first-order valence-corrected chi connectivity index (χ1v) is 11.2. The van der Waals surface area contributed by atoms with Crippen molar-refractivity contribution in [1.82, 2.24) is 5.09 Å². The summed E-state index contributed by atoms with van der Waals surface area (Å²) in [5.41, 5.74) is -1.96. The minimum atomic E-state index is -1.96. The Labute approximate surface area is 120 Å². The second kappa shape index (κ2) is 9.35. The van der Waals surface area contributed by atoms with Gasteiger partial charge in [-0.1, -0.05) is 37.6 Å². The number of nitrogens with zero attached hydrogens (tertiary/aromatic N) is 1. The highest BCUT2D eigenvalue weighted by atomic mass is 32.9. The Morgan fingerprint density at radius 1 is 1.44 bits per heavy atom. The Morgan fingerprint density at radius 2 is 2.17 bits per heavy atom. The average molecular weight is 308 g/mol. The molecule has 6 heteroatoms. The summed E-state index contributed by atoms with van der Waals surface area (Å²) in [4.78, 5) is 4.55. The molecule has 0 saturated heterocycles. The summed E-state index contributed by atoms with van der Waals surface area (Å²) in [7, 11) is 0. The molecule has 0 amide bonds. The summed E-state index contributed by atoms with van der Waals surface area (Å²) in [5, 5.41) is 3.26. The van der Waals surface area contributed by atoms with Crippen LogP contribution in [0.1, 0.15) is 52.4 Å². The fourth-order valence-electron chi connectivity index (χ4n) is 1.87. The molecule has 1 N–H and O–H groups in total. The van der Waals surface area contributed by atoms with Crippen LogP contribution >= 0.6 is 17.0 Å². The SMILES string of the molecule is CCCCSP(=S)(N/C=N/C1CCCC1)OCC. The molecule has 106 valence electrons. The topological polar surface area (TPSA) is 33.6 Å². The predicted octanol–water partition coefficient (Wildman–Crippen LogP) is 4.34. The Bertz CT molecular complexity index is 294. The zero-order chi connectivity index (χ0) is 13.3. The molecule has 0 heterocycles. The number of rotatable bonds is 9. The fraction of sp³-hybridized carbons (Fsp3) is 0.917. The van der Waals surface area contributed by atoms with Gasteiger partial charge in [0.15, 0.2) is 0 Å². The lowest BCUT2D eigenvalue weighted by molar-refractivity contribution is 0.383. The van der Waals surface area contributed by atoms with E-state index in [1.165, 1.54) is 38.5 Å². The van der Waals surface area contributed by atoms with Crippen molar-refractivity contribution in [3.05, 3.63) is 0 Å². The number of aliphatic imine (C=N–C) groups is 1. The molecule has 1 aliphatic rings. The summed E-state index contributed by atoms with van der Waals surface area (Å²) in [6.45, 7) is 4.86. The van der Waals surface area contributed by atoms with Crippen LogP contribution in [-0.2, 0) is 16.3 Å². The van der Waals surface area contributed by atoms with Crippen molar-refractivity contribution < 1.29 is 4.52 Å². The second-order valence-corrected chi connectivity index (χ2v) is 11.2. The molecule has 1 fully saturated rings. The van der Waals surface area contributed by atoms with Crippen molar-refractivity contribution in [2.45, 2.75) is 58.4 Å². The molecule has 0 spiro atoms. The van der Waals surface area contributed by atoms with E-state index in [0.717, 1.165) is 5.75 Å². The summed E-state index contributed by atoms with van der Waals surface area (Å²) < 4.78 is 5.73. The monoisotopic (exact) mass is 308 g/mol. The highest BCUT2D eigenvalue weighted by Crippen LogP contribution is 2.55. The molecule has 0 bridgehead atoms. The molecule has 1 saturated carbocycles. The molecule has 1 unspecified atom stereocenters. The van der Waals surface area contributed by atoms with Gasteiger partial charge in [0.1, 0.15) is 0 Å². The first-order chi connectivity index (χ1) is 8.70. The third-order valence-electron chi connectivity index (χ3n) is 2.88. The van der Waals surface area contributed by atoms with E-state index in [-0.39, 0.29) is 0 Å². The van der Waals surface area contributed by atoms with Crippen LogP contribution in [0.15, 0.2) is 4.99 Å². The predicted molar refractivity (Wildman–Crippen MR) is 87.2 cm³/mol. The lowest BCUT2D eigenvalue weighted by Gasteiger charge is -2.20. The van der Waals surface area contributed by atoms with Gasteiger partial charge in [0.05, 0.1) is 19.0 Å². The molecular weight excluding hydrogens is 283 g/mol. The second-order valence-electron chi connectivity index (χ2n) is 4.45. The minimum Gasteiger partial charge on any atom is -0.327 e. The molecule has 1 atom stereocenters. The maximum absolute atomic E-state index is 5.73. The van der Waals surface area contributed by atoms with E-state index in [2.05, 4.69) is 17.0 Å². The maximum Gasteiger partial charge on any atom is 0.211 e. The van der Waals surface area contributed by atoms with Crippen molar-refractivity contribution in [1.29, 1.82) is 0 Å². The normalized spacial score (nSPS) is 20.3. The van der Waals surface area contributed by atoms with Gasteiger partial charge < -0.3 is 9.61 Å². The average Bonchev–Trinajstić information content (AvgIpc) is 2.83. The van der Waals surface area contributed by atoms with E-state index in [9.17, 15) is 0 Å². The number of nitrogens with one attached hydrogen (secondary N) is 1. The third kappa shape index (κ3) is 6.55. The lowest BCUT2D eigenvalue weighted by Crippen LogP contribution is -2.10. The highest BCUT2D eigenvalue weighted by molar-refractivity contribution is 8.68. The Kier molecular flexibility index (Phi) is 8.56. The third-order valence-corrected chi connectivity index (χ3v) is 8.51. The van der Waals surface area contributed by atoms with E-state index in [4.69, 9.17) is 16.3 Å². The summed E-state index contributed by atoms with van der Waals surface area (Å²) in [6.07, 6.45) is 9.27. The largest absolute Gasteiger partial charge is 0.327 e. The van der Waals surface area contributed by atoms with E-state index >= 15 is 0 Å². The zero-order valence-corrected chi connectivity index (χ0v) is 14.0. The Morgan fingerprint density at radius 3 is 2.78 bits per heavy atom. The van der Waals surface area contributed by atoms with E-state index in [1.807, 2.05) is 13.3 Å². The molecule has 0 aliphatic heterocycles. The van der Waals surface area contributed by atoms with Crippen LogP contribution in [0.25, 0.3) is 0 Å². The van der Waals surface area contributed by atoms with E-state index < -0.39 is 5.62 Å². The van der Waals surface area contributed by atoms with Crippen molar-refractivity contribution in [3.63, 3.8) is 0 Å². The molecule has 0 aromatic carbocycles. The van der Waals surface area contributed by atoms with Crippen LogP contribution in [0.3, 0.4) is 0 Å². The number of unbranched alkanes of at least 4 members (excludes halogenated alkanes) is 1. The lowest BCUT2D eigenvalue weighted by atomic mass is 10.3. The van der Waals surface area contributed by atoms with Gasteiger partial charge in [0.2, 0.25) is 5.62 Å². The van der Waals surface area contributed by atoms with Gasteiger partial charge in [-0.15, -0.1) is 0 Å². The van der Waals surface area contributed by atoms with Crippen LogP contribution in [0.5, 0.6) is 0 Å². The van der Waals surface area contributed by atoms with Crippen LogP contribution in [0.4, 0.5) is 0 Å². The van der Waals surface area contributed by atoms with Gasteiger partial charge in [-0.3, -0.25) is 4.99 Å². The first kappa shape index (κ1) is 16.5. The molecule has 18 heavy (non-hydrogen) atoms.